The molecule has 3 nitrogen and oxygen atoms in total. The van der Waals surface area contributed by atoms with Crippen molar-refractivity contribution in [1.82, 2.24) is 0 Å². The lowest BCUT2D eigenvalue weighted by molar-refractivity contribution is -0.138. The second kappa shape index (κ2) is 6.76. The lowest BCUT2D eigenvalue weighted by atomic mass is 10.00. The third-order valence-electron chi connectivity index (χ3n) is 3.52. The molecule has 21 heavy (non-hydrogen) atoms. The van der Waals surface area contributed by atoms with E-state index < -0.39 is 11.9 Å². The van der Waals surface area contributed by atoms with Gasteiger partial charge in [0.2, 0.25) is 0 Å². The molecule has 0 radical (unpaired) electrons. The van der Waals surface area contributed by atoms with E-state index in [-0.39, 0.29) is 0 Å². The Morgan fingerprint density at radius 1 is 1.24 bits per heavy atom. The third-order valence-corrected chi connectivity index (χ3v) is 4.01. The second-order valence-electron chi connectivity index (χ2n) is 5.11. The molecule has 110 valence electrons. The van der Waals surface area contributed by atoms with Gasteiger partial charge in [0.1, 0.15) is 0 Å². The molecule has 0 aliphatic heterocycles. The number of rotatable bonds is 5. The van der Waals surface area contributed by atoms with Crippen molar-refractivity contribution in [2.75, 3.05) is 5.32 Å². The molecular weight excluding hydrogens is 330 g/mol. The van der Waals surface area contributed by atoms with Gasteiger partial charge in [0.15, 0.2) is 0 Å². The SMILES string of the molecule is Cc1cc(Br)ccc1NCc1ccc(C(C)C(=O)O)cc1. The van der Waals surface area contributed by atoms with Crippen LogP contribution in [-0.4, -0.2) is 11.1 Å². The van der Waals surface area contributed by atoms with E-state index >= 15 is 0 Å². The predicted octanol–water partition coefficient (Wildman–Crippen LogP) is 4.56. The summed E-state index contributed by atoms with van der Waals surface area (Å²) < 4.78 is 1.07. The van der Waals surface area contributed by atoms with Crippen LogP contribution in [0, 0.1) is 6.92 Å². The van der Waals surface area contributed by atoms with Gasteiger partial charge in [-0.1, -0.05) is 40.2 Å². The first kappa shape index (κ1) is 15.6. The first-order valence-electron chi connectivity index (χ1n) is 6.79. The van der Waals surface area contributed by atoms with E-state index in [4.69, 9.17) is 5.11 Å². The van der Waals surface area contributed by atoms with Crippen molar-refractivity contribution in [2.24, 2.45) is 0 Å². The summed E-state index contributed by atoms with van der Waals surface area (Å²) in [5, 5.41) is 12.4. The second-order valence-corrected chi connectivity index (χ2v) is 6.03. The Morgan fingerprint density at radius 3 is 2.48 bits per heavy atom. The third kappa shape index (κ3) is 4.08. The highest BCUT2D eigenvalue weighted by Gasteiger charge is 2.12. The predicted molar refractivity (Wildman–Crippen MR) is 88.7 cm³/mol. The highest BCUT2D eigenvalue weighted by atomic mass is 79.9. The number of carboxylic acids is 1. The first-order valence-corrected chi connectivity index (χ1v) is 7.58. The molecule has 0 spiro atoms. The number of hydrogen-bond acceptors (Lipinski definition) is 2. The van der Waals surface area contributed by atoms with Gasteiger partial charge in [-0.3, -0.25) is 4.79 Å². The Kier molecular flexibility index (Phi) is 5.02. The van der Waals surface area contributed by atoms with Gasteiger partial charge in [0.25, 0.3) is 0 Å². The zero-order chi connectivity index (χ0) is 15.4. The molecular formula is C17H18BrNO2. The fraction of sp³-hybridized carbons (Fsp3) is 0.235. The summed E-state index contributed by atoms with van der Waals surface area (Å²) in [6.45, 7) is 4.47. The molecule has 0 heterocycles. The highest BCUT2D eigenvalue weighted by molar-refractivity contribution is 9.10. The summed E-state index contributed by atoms with van der Waals surface area (Å²) >= 11 is 3.45. The van der Waals surface area contributed by atoms with Crippen LogP contribution in [0.25, 0.3) is 0 Å². The van der Waals surface area contributed by atoms with Crippen LogP contribution in [0.3, 0.4) is 0 Å². The van der Waals surface area contributed by atoms with Gasteiger partial charge in [-0.15, -0.1) is 0 Å². The van der Waals surface area contributed by atoms with E-state index in [0.29, 0.717) is 6.54 Å². The molecule has 2 aromatic carbocycles. The van der Waals surface area contributed by atoms with E-state index in [2.05, 4.69) is 34.2 Å². The minimum Gasteiger partial charge on any atom is -0.481 e. The summed E-state index contributed by atoms with van der Waals surface area (Å²) in [6, 6.07) is 13.8. The van der Waals surface area contributed by atoms with E-state index in [0.717, 1.165) is 21.3 Å². The normalized spacial score (nSPS) is 12.0. The Morgan fingerprint density at radius 2 is 1.90 bits per heavy atom. The molecule has 0 aromatic heterocycles. The van der Waals surface area contributed by atoms with Crippen LogP contribution in [0.2, 0.25) is 0 Å². The fourth-order valence-electron chi connectivity index (χ4n) is 2.09. The minimum atomic E-state index is -0.800. The quantitative estimate of drug-likeness (QED) is 0.833. The monoisotopic (exact) mass is 347 g/mol. The number of hydrogen-bond donors (Lipinski definition) is 2. The van der Waals surface area contributed by atoms with Crippen LogP contribution in [0.1, 0.15) is 29.5 Å². The molecule has 0 bridgehead atoms. The Bertz CT molecular complexity index is 638. The first-order chi connectivity index (χ1) is 9.97. The van der Waals surface area contributed by atoms with Gasteiger partial charge < -0.3 is 10.4 Å². The number of carbonyl (C=O) groups is 1. The van der Waals surface area contributed by atoms with Crippen molar-refractivity contribution in [2.45, 2.75) is 26.3 Å². The number of carboxylic acid groups (broad SMARTS) is 1. The van der Waals surface area contributed by atoms with E-state index in [1.807, 2.05) is 36.4 Å². The molecule has 1 atom stereocenters. The smallest absolute Gasteiger partial charge is 0.310 e. The van der Waals surface area contributed by atoms with Crippen LogP contribution in [0.15, 0.2) is 46.9 Å². The van der Waals surface area contributed by atoms with Crippen LogP contribution >= 0.6 is 15.9 Å². The van der Waals surface area contributed by atoms with E-state index in [9.17, 15) is 4.79 Å². The van der Waals surface area contributed by atoms with Gasteiger partial charge >= 0.3 is 5.97 Å². The van der Waals surface area contributed by atoms with E-state index in [1.54, 1.807) is 6.92 Å². The van der Waals surface area contributed by atoms with Crippen LogP contribution in [-0.2, 0) is 11.3 Å². The van der Waals surface area contributed by atoms with Crippen LogP contribution < -0.4 is 5.32 Å². The number of benzene rings is 2. The summed E-state index contributed by atoms with van der Waals surface area (Å²) in [5.74, 6) is -1.27. The zero-order valence-corrected chi connectivity index (χ0v) is 13.6. The Labute approximate surface area is 133 Å². The van der Waals surface area contributed by atoms with Crippen molar-refractivity contribution in [3.8, 4) is 0 Å². The number of aryl methyl sites for hydroxylation is 1. The van der Waals surface area contributed by atoms with Gasteiger partial charge in [0, 0.05) is 16.7 Å². The number of nitrogens with one attached hydrogen (secondary N) is 1. The molecule has 0 aliphatic rings. The molecule has 0 fully saturated rings. The molecule has 0 aliphatic carbocycles. The number of anilines is 1. The largest absolute Gasteiger partial charge is 0.481 e. The van der Waals surface area contributed by atoms with Crippen LogP contribution in [0.4, 0.5) is 5.69 Å². The molecule has 0 saturated carbocycles. The fourth-order valence-corrected chi connectivity index (χ4v) is 2.57. The summed E-state index contributed by atoms with van der Waals surface area (Å²) in [7, 11) is 0. The molecule has 0 saturated heterocycles. The molecule has 1 unspecified atom stereocenters. The summed E-state index contributed by atoms with van der Waals surface area (Å²) in [5.41, 5.74) is 4.23. The average Bonchev–Trinajstić information content (AvgIpc) is 2.46. The molecule has 0 amide bonds. The van der Waals surface area contributed by atoms with Crippen molar-refractivity contribution in [3.05, 3.63) is 63.6 Å². The Balaban J connectivity index is 2.02. The summed E-state index contributed by atoms with van der Waals surface area (Å²) in [4.78, 5) is 10.9. The van der Waals surface area contributed by atoms with Crippen molar-refractivity contribution in [1.29, 1.82) is 0 Å². The average molecular weight is 348 g/mol. The maximum atomic E-state index is 10.9. The van der Waals surface area contributed by atoms with Gasteiger partial charge in [-0.25, -0.2) is 0 Å². The van der Waals surface area contributed by atoms with Crippen molar-refractivity contribution >= 4 is 27.6 Å². The summed E-state index contributed by atoms with van der Waals surface area (Å²) in [6.07, 6.45) is 0. The van der Waals surface area contributed by atoms with Gasteiger partial charge in [0.05, 0.1) is 5.92 Å². The van der Waals surface area contributed by atoms with Crippen molar-refractivity contribution in [3.63, 3.8) is 0 Å². The standard InChI is InChI=1S/C17H18BrNO2/c1-11-9-15(18)7-8-16(11)19-10-13-3-5-14(6-4-13)12(2)17(20)21/h3-9,12,19H,10H2,1-2H3,(H,20,21). The van der Waals surface area contributed by atoms with Crippen LogP contribution in [0.5, 0.6) is 0 Å². The lowest BCUT2D eigenvalue weighted by Gasteiger charge is -2.11. The topological polar surface area (TPSA) is 49.3 Å². The van der Waals surface area contributed by atoms with Gasteiger partial charge in [-0.05, 0) is 48.7 Å². The molecule has 2 rings (SSSR count). The number of halogens is 1. The number of aliphatic carboxylic acids is 1. The minimum absolute atomic E-state index is 0.472. The maximum absolute atomic E-state index is 10.9. The Hall–Kier alpha value is -1.81. The van der Waals surface area contributed by atoms with E-state index in [1.165, 1.54) is 5.56 Å². The molecule has 2 N–H and O–H groups in total. The molecule has 4 heteroatoms. The maximum Gasteiger partial charge on any atom is 0.310 e. The highest BCUT2D eigenvalue weighted by Crippen LogP contribution is 2.21. The van der Waals surface area contributed by atoms with Crippen molar-refractivity contribution < 1.29 is 9.90 Å². The molecule has 2 aromatic rings. The van der Waals surface area contributed by atoms with Gasteiger partial charge in [-0.2, -0.15) is 0 Å². The zero-order valence-electron chi connectivity index (χ0n) is 12.1. The lowest BCUT2D eigenvalue weighted by Crippen LogP contribution is -2.07.